The number of carbonyl (C=O) groups is 4. The second-order valence-electron chi connectivity index (χ2n) is 41.1. The molecule has 2 fully saturated rings. The lowest BCUT2D eigenvalue weighted by Crippen LogP contribution is -2.50. The zero-order valence-electron chi connectivity index (χ0n) is 92.2. The molecule has 2 aliphatic carbocycles. The van der Waals surface area contributed by atoms with Crippen LogP contribution >= 0.6 is 0 Å². The normalized spacial score (nSPS) is 14.7. The van der Waals surface area contributed by atoms with E-state index in [0.29, 0.717) is 39.7 Å². The Bertz CT molecular complexity index is 3860. The fraction of sp³-hybridized carbons (Fsp3) is 0.772. The van der Waals surface area contributed by atoms with Crippen molar-refractivity contribution in [2.75, 3.05) is 129 Å². The summed E-state index contributed by atoms with van der Waals surface area (Å²) >= 11 is 0. The van der Waals surface area contributed by atoms with E-state index in [1.54, 1.807) is 12.1 Å². The molecule has 0 aromatic heterocycles. The van der Waals surface area contributed by atoms with Crippen molar-refractivity contribution in [3.05, 3.63) is 112 Å². The van der Waals surface area contributed by atoms with Gasteiger partial charge in [-0.25, -0.2) is 39.6 Å². The number of rotatable bonds is 63. The molecule has 0 spiro atoms. The van der Waals surface area contributed by atoms with Crippen molar-refractivity contribution in [2.45, 2.75) is 433 Å². The predicted molar refractivity (Wildman–Crippen MR) is 575 cm³/mol. The van der Waals surface area contributed by atoms with Gasteiger partial charge in [-0.1, -0.05) is 330 Å². The lowest BCUT2D eigenvalue weighted by Gasteiger charge is -2.39. The lowest BCUT2D eigenvalue weighted by molar-refractivity contribution is -0.929. The molecule has 137 heavy (non-hydrogen) atoms. The number of hydrogen-bond donors (Lipinski definition) is 1. The van der Waals surface area contributed by atoms with Crippen LogP contribution in [0.5, 0.6) is 0 Å². The van der Waals surface area contributed by atoms with E-state index in [-0.39, 0.29) is 46.3 Å². The van der Waals surface area contributed by atoms with E-state index in [1.165, 1.54) is 359 Å². The Morgan fingerprint density at radius 3 is 0.912 bits per heavy atom. The minimum absolute atomic E-state index is 0.00511. The molecule has 0 amide bonds. The molecule has 2 aliphatic rings. The maximum Gasteiger partial charge on any atom is 0.339 e. The molecule has 6 rings (SSSR count). The Morgan fingerprint density at radius 2 is 0.672 bits per heavy atom. The third kappa shape index (κ3) is 53.8. The highest BCUT2D eigenvalue weighted by atomic mass is 32.2. The van der Waals surface area contributed by atoms with Gasteiger partial charge in [0, 0.05) is 17.6 Å². The molecule has 4 aromatic rings. The molecular formula is C114H207N4O16S3+. The number of hydrogen-bond acceptors (Lipinski definition) is 15. The molecule has 23 heteroatoms. The lowest BCUT2D eigenvalue weighted by atomic mass is 9.67. The third-order valence-electron chi connectivity index (χ3n) is 28.5. The van der Waals surface area contributed by atoms with Gasteiger partial charge in [0.2, 0.25) is 0 Å². The van der Waals surface area contributed by atoms with Crippen LogP contribution in [0.1, 0.15) is 476 Å². The summed E-state index contributed by atoms with van der Waals surface area (Å²) in [6.07, 6.45) is 48.6. The van der Waals surface area contributed by atoms with E-state index >= 15 is 0 Å². The average molecular weight is 1990 g/mol. The average Bonchev–Trinajstić information content (AvgIpc) is 1.56. The van der Waals surface area contributed by atoms with Crippen LogP contribution in [-0.4, -0.2) is 215 Å². The number of nitrogens with zero attached hydrogens (tertiary/aromatic N) is 4. The van der Waals surface area contributed by atoms with Gasteiger partial charge in [0.05, 0.1) is 159 Å². The molecule has 1 N–H and O–H groups in total. The predicted octanol–water partition coefficient (Wildman–Crippen LogP) is 28.8. The summed E-state index contributed by atoms with van der Waals surface area (Å²) in [5.41, 5.74) is 2.67. The van der Waals surface area contributed by atoms with Crippen molar-refractivity contribution in [3.8, 4) is 0 Å². The summed E-state index contributed by atoms with van der Waals surface area (Å²) < 4.78 is 112. The molecule has 0 aliphatic heterocycles. The number of ether oxygens (including phenoxy) is 2. The molecule has 0 heterocycles. The molecular weight excluding hydrogens is 1780 g/mol. The number of unbranched alkanes of at least 4 members (excludes halogenated alkanes) is 16. The minimum Gasteiger partial charge on any atom is -0.748 e. The van der Waals surface area contributed by atoms with Gasteiger partial charge in [0.25, 0.3) is 0 Å². The Kier molecular flexibility index (Phi) is 72.9. The fourth-order valence-corrected chi connectivity index (χ4v) is 21.2. The van der Waals surface area contributed by atoms with Gasteiger partial charge in [-0.05, 0) is 209 Å². The number of benzene rings is 4. The van der Waals surface area contributed by atoms with E-state index in [4.69, 9.17) is 9.84 Å². The van der Waals surface area contributed by atoms with Crippen LogP contribution < -0.4 is 0 Å². The van der Waals surface area contributed by atoms with Crippen LogP contribution in [0.4, 0.5) is 0 Å². The minimum atomic E-state index is -4.47. The second kappa shape index (κ2) is 74.7. The highest BCUT2D eigenvalue weighted by Gasteiger charge is 2.63. The number of esters is 2. The topological polar surface area (TPSA) is 279 Å². The van der Waals surface area contributed by atoms with Crippen molar-refractivity contribution in [3.63, 3.8) is 0 Å². The summed E-state index contributed by atoms with van der Waals surface area (Å²) in [6, 6.07) is 21.8. The third-order valence-corrected chi connectivity index (χ3v) is 31.0. The summed E-state index contributed by atoms with van der Waals surface area (Å²) in [5, 5.41) is 10.8. The van der Waals surface area contributed by atoms with Gasteiger partial charge in [0.1, 0.15) is 22.5 Å². The van der Waals surface area contributed by atoms with Gasteiger partial charge in [0.15, 0.2) is 0 Å². The maximum absolute atomic E-state index is 11.8. The van der Waals surface area contributed by atoms with E-state index < -0.39 is 66.4 Å². The largest absolute Gasteiger partial charge is 0.748 e. The molecule has 4 aromatic carbocycles. The summed E-state index contributed by atoms with van der Waals surface area (Å²) in [6.45, 7) is 77.9. The van der Waals surface area contributed by atoms with E-state index in [9.17, 15) is 58.1 Å². The Hall–Kier alpha value is -5.21. The number of aromatic carboxylic acids is 1. The van der Waals surface area contributed by atoms with Crippen LogP contribution in [0.25, 0.3) is 10.8 Å². The summed E-state index contributed by atoms with van der Waals surface area (Å²) in [4.78, 5) is 45.8. The first kappa shape index (κ1) is 134. The molecule has 2 saturated carbocycles. The number of ketones is 1. The number of fused-ring (bicyclic) bond motifs is 3. The van der Waals surface area contributed by atoms with E-state index in [2.05, 4.69) is 150 Å². The zero-order chi connectivity index (χ0) is 104. The van der Waals surface area contributed by atoms with Gasteiger partial charge < -0.3 is 46.2 Å². The van der Waals surface area contributed by atoms with Gasteiger partial charge in [-0.15, -0.1) is 0 Å². The first-order chi connectivity index (χ1) is 64.8. The molecule has 796 valence electrons. The van der Waals surface area contributed by atoms with Crippen molar-refractivity contribution in [1.82, 2.24) is 0 Å². The van der Waals surface area contributed by atoms with Crippen LogP contribution in [0.2, 0.25) is 0 Å². The molecule has 20 nitrogen and oxygen atoms in total. The Balaban J connectivity index is 0. The second-order valence-corrected chi connectivity index (χ2v) is 45.5. The quantitative estimate of drug-likeness (QED) is 0.0186. The highest BCUT2D eigenvalue weighted by Crippen LogP contribution is 2.65. The number of quaternary nitrogens is 4. The SMILES string of the molecule is CC(C)c1cc(C(C)C)c(S(=O)(=O)[O-])c(C(C)C)c1.CCC12CCC(CC1=O)C2(C)C.CCCC[N+](CCCC)(CCCC)CCCC.CCCC[N+](CCCC)(CCCC)CCCC.CCCC[N+](CCCC)(CCCC)CCCC.CCCC[N+](CCCC)(CCCC)CCCC.O=C(O)c1ccccc1C(=O)OCCS(=O)(=O)[O-].O=C(OCCCS(=O)(=O)[O-])c1ccc2ccccc2c1. The van der Waals surface area contributed by atoms with Crippen LogP contribution in [0, 0.1) is 16.7 Å². The van der Waals surface area contributed by atoms with Crippen LogP contribution in [0.3, 0.4) is 0 Å². The van der Waals surface area contributed by atoms with Gasteiger partial charge >= 0.3 is 17.9 Å². The number of Topliss-reactive ketones (excluding diaryl/α,β-unsaturated/α-hetero) is 1. The fourth-order valence-electron chi connectivity index (χ4n) is 19.3. The first-order valence-corrected chi connectivity index (χ1v) is 59.5. The smallest absolute Gasteiger partial charge is 0.339 e. The Labute approximate surface area is 841 Å². The van der Waals surface area contributed by atoms with Crippen molar-refractivity contribution in [1.29, 1.82) is 0 Å². The van der Waals surface area contributed by atoms with Crippen LogP contribution in [-0.2, 0) is 44.6 Å². The molecule has 2 bridgehead atoms. The van der Waals surface area contributed by atoms with Crippen molar-refractivity contribution in [2.24, 2.45) is 16.7 Å². The first-order valence-electron chi connectivity index (χ1n) is 54.9. The summed E-state index contributed by atoms with van der Waals surface area (Å²) in [5.74, 6) is -2.65. The number of carbonyl (C=O) groups excluding carboxylic acids is 3. The van der Waals surface area contributed by atoms with Crippen molar-refractivity contribution >= 4 is 64.8 Å². The summed E-state index contributed by atoms with van der Waals surface area (Å²) in [7, 11) is -13.2. The van der Waals surface area contributed by atoms with E-state index in [1.807, 2.05) is 70.2 Å². The zero-order valence-corrected chi connectivity index (χ0v) is 94.7. The Morgan fingerprint density at radius 1 is 0.380 bits per heavy atom. The number of carboxylic acids is 1. The molecule has 0 saturated heterocycles. The standard InChI is InChI=1S/4C16H36N.C15H24O3S.C14H14O5S.C11H18O.C10H10O7S/c4*1-5-9-13-17(14-10-6-2,15-11-7-3)16-12-8-4;1-9(2)12-7-13(10(3)4)15(19(16,17)18)14(8-12)11(5)6;15-14(19-8-3-9-20(16,17)18)13-7-6-11-4-1-2-5-12(11)10-13;1-4-11-6-5-8(7-9(11)12)10(11,2)3;11-9(12)7-3-1-2-4-8(7)10(13)17-5-6-18(14,15)16/h4*5-16H2,1-4H3;7-11H,1-6H3,(H,16,17,18);1-2,4-7,10H,3,8-9H2,(H,16,17,18);8H,4-7H2,1-3H3;1-4H,5-6H2,(H,11,12)(H,14,15,16)/q4*+1;;;;/p-3. The maximum atomic E-state index is 11.8. The van der Waals surface area contributed by atoms with E-state index in [0.717, 1.165) is 35.6 Å². The molecule has 2 atom stereocenters. The monoisotopic (exact) mass is 1980 g/mol. The van der Waals surface area contributed by atoms with Gasteiger partial charge in [-0.2, -0.15) is 0 Å². The molecule has 0 radical (unpaired) electrons. The van der Waals surface area contributed by atoms with Crippen molar-refractivity contribution < 1.29 is 90.6 Å². The molecule has 2 unspecified atom stereocenters. The van der Waals surface area contributed by atoms with Gasteiger partial charge in [-0.3, -0.25) is 4.79 Å². The highest BCUT2D eigenvalue weighted by molar-refractivity contribution is 7.86. The number of carboxylic acid groups (broad SMARTS) is 1. The van der Waals surface area contributed by atoms with Crippen LogP contribution in [0.15, 0.2) is 83.8 Å².